The van der Waals surface area contributed by atoms with Crippen LogP contribution in [0.1, 0.15) is 61.1 Å². The number of rotatable bonds is 11. The first kappa shape index (κ1) is 19.3. The molecule has 0 unspecified atom stereocenters. The highest BCUT2D eigenvalue weighted by atomic mass is 16.6. The number of hydrogen-bond donors (Lipinski definition) is 3. The Morgan fingerprint density at radius 3 is 2.48 bits per heavy atom. The molecule has 1 amide bonds. The lowest BCUT2D eigenvalue weighted by atomic mass is 10.1. The molecule has 1 aromatic heterocycles. The van der Waals surface area contributed by atoms with Gasteiger partial charge in [-0.3, -0.25) is 9.63 Å². The van der Waals surface area contributed by atoms with Gasteiger partial charge in [-0.1, -0.05) is 26.7 Å². The lowest BCUT2D eigenvalue weighted by molar-refractivity contribution is 0.0294. The average molecular weight is 326 g/mol. The Hall–Kier alpha value is -1.70. The highest BCUT2D eigenvalue weighted by Gasteiger charge is 2.21. The first-order valence-corrected chi connectivity index (χ1v) is 7.96. The minimum atomic E-state index is -0.535. The summed E-state index contributed by atoms with van der Waals surface area (Å²) in [4.78, 5) is 21.3. The number of nitrogens with zero attached hydrogens (tertiary/aromatic N) is 1. The molecule has 0 aliphatic carbocycles. The predicted molar refractivity (Wildman–Crippen MR) is 84.8 cm³/mol. The molecule has 1 heterocycles. The molecule has 7 nitrogen and oxygen atoms in total. The van der Waals surface area contributed by atoms with E-state index in [1.54, 1.807) is 0 Å². The van der Waals surface area contributed by atoms with Crippen molar-refractivity contribution >= 4 is 5.91 Å². The van der Waals surface area contributed by atoms with E-state index in [4.69, 9.17) is 9.57 Å². The molecule has 1 rings (SSSR count). The van der Waals surface area contributed by atoms with E-state index in [9.17, 15) is 15.0 Å². The van der Waals surface area contributed by atoms with E-state index in [1.807, 2.05) is 13.8 Å². The summed E-state index contributed by atoms with van der Waals surface area (Å²) in [5.41, 5.74) is 3.17. The van der Waals surface area contributed by atoms with Crippen molar-refractivity contribution in [3.8, 4) is 5.75 Å². The largest absolute Gasteiger partial charge is 0.491 e. The molecule has 23 heavy (non-hydrogen) atoms. The Balaban J connectivity index is 2.96. The first-order chi connectivity index (χ1) is 11.2. The van der Waals surface area contributed by atoms with Crippen LogP contribution < -0.4 is 10.2 Å². The molecule has 0 saturated carbocycles. The molecule has 7 heteroatoms. The van der Waals surface area contributed by atoms with Crippen LogP contribution in [0.2, 0.25) is 0 Å². The second-order valence-corrected chi connectivity index (χ2v) is 5.09. The monoisotopic (exact) mass is 326 g/mol. The number of amides is 1. The van der Waals surface area contributed by atoms with Crippen molar-refractivity contribution in [1.82, 2.24) is 10.5 Å². The molecule has 0 aliphatic heterocycles. The van der Waals surface area contributed by atoms with Crippen molar-refractivity contribution < 1.29 is 24.6 Å². The molecule has 0 bridgehead atoms. The predicted octanol–water partition coefficient (Wildman–Crippen LogP) is 1.71. The van der Waals surface area contributed by atoms with Gasteiger partial charge < -0.3 is 14.9 Å². The maximum absolute atomic E-state index is 12.2. The number of aromatic nitrogens is 1. The summed E-state index contributed by atoms with van der Waals surface area (Å²) in [7, 11) is 0. The third-order valence-corrected chi connectivity index (χ3v) is 3.28. The maximum atomic E-state index is 12.2. The molecule has 0 radical (unpaired) electrons. The zero-order chi connectivity index (χ0) is 17.1. The van der Waals surface area contributed by atoms with Crippen LogP contribution in [0.4, 0.5) is 0 Å². The van der Waals surface area contributed by atoms with E-state index in [1.165, 1.54) is 6.20 Å². The Bertz CT molecular complexity index is 494. The van der Waals surface area contributed by atoms with Gasteiger partial charge in [0.1, 0.15) is 0 Å². The summed E-state index contributed by atoms with van der Waals surface area (Å²) in [6, 6.07) is 0. The van der Waals surface area contributed by atoms with Gasteiger partial charge in [-0.2, -0.15) is 0 Å². The summed E-state index contributed by atoms with van der Waals surface area (Å²) in [6.45, 7) is 4.22. The number of unbranched alkanes of at least 4 members (excludes halogenated alkanes) is 2. The fourth-order valence-electron chi connectivity index (χ4n) is 1.89. The van der Waals surface area contributed by atoms with Crippen LogP contribution in [0.3, 0.4) is 0 Å². The SMILES string of the molecule is CCCCONC(=O)c1ncc(CO)c(CO)c1OCCCC. The van der Waals surface area contributed by atoms with Gasteiger partial charge in [0, 0.05) is 17.3 Å². The van der Waals surface area contributed by atoms with Gasteiger partial charge in [-0.25, -0.2) is 10.5 Å². The van der Waals surface area contributed by atoms with E-state index < -0.39 is 5.91 Å². The van der Waals surface area contributed by atoms with Crippen molar-refractivity contribution in [3.05, 3.63) is 23.0 Å². The number of carbonyl (C=O) groups is 1. The van der Waals surface area contributed by atoms with Crippen LogP contribution in [0.15, 0.2) is 6.20 Å². The smallest absolute Gasteiger partial charge is 0.297 e. The topological polar surface area (TPSA) is 101 Å². The Morgan fingerprint density at radius 1 is 1.17 bits per heavy atom. The highest BCUT2D eigenvalue weighted by molar-refractivity contribution is 5.94. The quantitative estimate of drug-likeness (QED) is 0.423. The summed E-state index contributed by atoms with van der Waals surface area (Å²) in [6.07, 6.45) is 4.89. The average Bonchev–Trinajstić information content (AvgIpc) is 2.58. The van der Waals surface area contributed by atoms with E-state index in [0.717, 1.165) is 25.7 Å². The fraction of sp³-hybridized carbons (Fsp3) is 0.625. The Morgan fingerprint density at radius 2 is 1.87 bits per heavy atom. The fourth-order valence-corrected chi connectivity index (χ4v) is 1.89. The van der Waals surface area contributed by atoms with Gasteiger partial charge in [-0.05, 0) is 12.8 Å². The lowest BCUT2D eigenvalue weighted by Gasteiger charge is -2.16. The zero-order valence-corrected chi connectivity index (χ0v) is 13.8. The minimum Gasteiger partial charge on any atom is -0.491 e. The van der Waals surface area contributed by atoms with Crippen molar-refractivity contribution in [2.75, 3.05) is 13.2 Å². The number of hydrogen-bond acceptors (Lipinski definition) is 6. The number of ether oxygens (including phenoxy) is 1. The van der Waals surface area contributed by atoms with Gasteiger partial charge in [0.15, 0.2) is 11.4 Å². The standard InChI is InChI=1S/C16H26N2O5/c1-3-5-7-22-15-13(11-20)12(10-19)9-17-14(15)16(21)18-23-8-6-4-2/h9,19-20H,3-8,10-11H2,1-2H3,(H,18,21). The van der Waals surface area contributed by atoms with Crippen LogP contribution in [0.5, 0.6) is 5.75 Å². The first-order valence-electron chi connectivity index (χ1n) is 7.96. The van der Waals surface area contributed by atoms with E-state index in [-0.39, 0.29) is 24.7 Å². The van der Waals surface area contributed by atoms with Crippen molar-refractivity contribution in [2.45, 2.75) is 52.7 Å². The van der Waals surface area contributed by atoms with E-state index >= 15 is 0 Å². The summed E-state index contributed by atoms with van der Waals surface area (Å²) >= 11 is 0. The number of nitrogens with one attached hydrogen (secondary N) is 1. The Kier molecular flexibility index (Phi) is 9.20. The summed E-state index contributed by atoms with van der Waals surface area (Å²) in [5, 5.41) is 18.9. The van der Waals surface area contributed by atoms with Gasteiger partial charge in [0.05, 0.1) is 26.4 Å². The van der Waals surface area contributed by atoms with Crippen molar-refractivity contribution in [1.29, 1.82) is 0 Å². The normalized spacial score (nSPS) is 10.6. The summed E-state index contributed by atoms with van der Waals surface area (Å²) in [5.74, 6) is -0.337. The van der Waals surface area contributed by atoms with Crippen LogP contribution in [-0.2, 0) is 18.1 Å². The van der Waals surface area contributed by atoms with Gasteiger partial charge in [0.25, 0.3) is 5.91 Å². The molecule has 0 atom stereocenters. The third-order valence-electron chi connectivity index (χ3n) is 3.28. The molecule has 0 aliphatic rings. The summed E-state index contributed by atoms with van der Waals surface area (Å²) < 4.78 is 5.64. The second kappa shape index (κ2) is 10.9. The molecule has 0 spiro atoms. The number of aliphatic hydroxyl groups excluding tert-OH is 2. The highest BCUT2D eigenvalue weighted by Crippen LogP contribution is 2.26. The zero-order valence-electron chi connectivity index (χ0n) is 13.8. The molecule has 1 aromatic rings. The number of pyridine rings is 1. The third kappa shape index (κ3) is 5.78. The van der Waals surface area contributed by atoms with Crippen LogP contribution >= 0.6 is 0 Å². The van der Waals surface area contributed by atoms with E-state index in [2.05, 4.69) is 10.5 Å². The number of carbonyl (C=O) groups excluding carboxylic acids is 1. The van der Waals surface area contributed by atoms with Crippen LogP contribution in [-0.4, -0.2) is 34.3 Å². The minimum absolute atomic E-state index is 0.0406. The molecular formula is C16H26N2O5. The van der Waals surface area contributed by atoms with Crippen LogP contribution in [0, 0.1) is 0 Å². The second-order valence-electron chi connectivity index (χ2n) is 5.09. The molecule has 0 saturated heterocycles. The maximum Gasteiger partial charge on any atom is 0.297 e. The van der Waals surface area contributed by atoms with Gasteiger partial charge >= 0.3 is 0 Å². The number of hydroxylamine groups is 1. The van der Waals surface area contributed by atoms with Gasteiger partial charge in [0.2, 0.25) is 0 Å². The van der Waals surface area contributed by atoms with Crippen molar-refractivity contribution in [2.24, 2.45) is 0 Å². The van der Waals surface area contributed by atoms with Gasteiger partial charge in [-0.15, -0.1) is 0 Å². The number of aliphatic hydroxyl groups is 2. The molecule has 3 N–H and O–H groups in total. The van der Waals surface area contributed by atoms with E-state index in [0.29, 0.717) is 24.3 Å². The molecule has 130 valence electrons. The Labute approximate surface area is 136 Å². The molecule has 0 fully saturated rings. The molecule has 0 aromatic carbocycles. The van der Waals surface area contributed by atoms with Crippen molar-refractivity contribution in [3.63, 3.8) is 0 Å². The van der Waals surface area contributed by atoms with Crippen LogP contribution in [0.25, 0.3) is 0 Å². The lowest BCUT2D eigenvalue weighted by Crippen LogP contribution is -2.26. The molecular weight excluding hydrogens is 300 g/mol.